The van der Waals surface area contributed by atoms with E-state index in [4.69, 9.17) is 15.9 Å². The van der Waals surface area contributed by atoms with E-state index >= 15 is 0 Å². The lowest BCUT2D eigenvalue weighted by Crippen LogP contribution is -2.27. The Kier molecular flexibility index (Phi) is 7.64. The molecule has 1 aliphatic rings. The third-order valence-corrected chi connectivity index (χ3v) is 6.08. The molecule has 0 radical (unpaired) electrons. The van der Waals surface area contributed by atoms with Crippen LogP contribution < -0.4 is 9.47 Å². The lowest BCUT2D eigenvalue weighted by molar-refractivity contribution is -0.123. The number of imide groups is 1. The van der Waals surface area contributed by atoms with Gasteiger partial charge >= 0.3 is 0 Å². The first-order valence-electron chi connectivity index (χ1n) is 8.95. The Morgan fingerprint density at radius 1 is 1.17 bits per heavy atom. The molecular formula is C22H17Br2NO4S. The average Bonchev–Trinajstić information content (AvgIpc) is 2.96. The molecule has 0 bridgehead atoms. The van der Waals surface area contributed by atoms with Crippen LogP contribution in [0.5, 0.6) is 11.5 Å². The van der Waals surface area contributed by atoms with E-state index in [0.29, 0.717) is 33.0 Å². The summed E-state index contributed by atoms with van der Waals surface area (Å²) in [5, 5.41) is -0.299. The highest BCUT2D eigenvalue weighted by molar-refractivity contribution is 9.10. The summed E-state index contributed by atoms with van der Waals surface area (Å²) < 4.78 is 12.8. The minimum absolute atomic E-state index is 0.104. The van der Waals surface area contributed by atoms with Gasteiger partial charge in [0.05, 0.1) is 22.5 Å². The van der Waals surface area contributed by atoms with Gasteiger partial charge in [-0.05, 0) is 76.1 Å². The van der Waals surface area contributed by atoms with Crippen molar-refractivity contribution in [1.82, 2.24) is 4.90 Å². The summed E-state index contributed by atoms with van der Waals surface area (Å²) in [7, 11) is 0. The molecular weight excluding hydrogens is 534 g/mol. The normalized spacial score (nSPS) is 14.9. The second-order valence-electron chi connectivity index (χ2n) is 6.15. The number of terminal acetylenes is 1. The van der Waals surface area contributed by atoms with Crippen molar-refractivity contribution in [3.05, 3.63) is 61.4 Å². The van der Waals surface area contributed by atoms with Crippen molar-refractivity contribution in [2.45, 2.75) is 13.5 Å². The van der Waals surface area contributed by atoms with Gasteiger partial charge in [-0.1, -0.05) is 34.0 Å². The molecule has 0 N–H and O–H groups in total. The summed E-state index contributed by atoms with van der Waals surface area (Å²) in [4.78, 5) is 26.8. The molecule has 8 heteroatoms. The molecule has 2 aromatic carbocycles. The maximum Gasteiger partial charge on any atom is 0.293 e. The quantitative estimate of drug-likeness (QED) is 0.319. The second-order valence-corrected chi connectivity index (χ2v) is 8.91. The number of hydrogen-bond donors (Lipinski definition) is 0. The van der Waals surface area contributed by atoms with Gasteiger partial charge in [-0.3, -0.25) is 14.5 Å². The highest BCUT2D eigenvalue weighted by atomic mass is 79.9. The molecule has 0 atom stereocenters. The van der Waals surface area contributed by atoms with Crippen molar-refractivity contribution < 1.29 is 19.1 Å². The predicted molar refractivity (Wildman–Crippen MR) is 125 cm³/mol. The fourth-order valence-electron chi connectivity index (χ4n) is 2.75. The Morgan fingerprint density at radius 2 is 1.90 bits per heavy atom. The minimum Gasteiger partial charge on any atom is -0.490 e. The summed E-state index contributed by atoms with van der Waals surface area (Å²) in [6.45, 7) is 2.63. The zero-order valence-electron chi connectivity index (χ0n) is 16.0. The first-order valence-corrected chi connectivity index (χ1v) is 11.4. The van der Waals surface area contributed by atoms with E-state index in [1.807, 2.05) is 31.2 Å². The summed E-state index contributed by atoms with van der Waals surface area (Å²) in [5.74, 6) is 3.09. The number of benzene rings is 2. The minimum atomic E-state index is -0.324. The molecule has 0 aromatic heterocycles. The molecule has 0 saturated carbocycles. The van der Waals surface area contributed by atoms with Crippen LogP contribution in [-0.4, -0.2) is 29.3 Å². The van der Waals surface area contributed by atoms with Gasteiger partial charge < -0.3 is 9.47 Å². The SMILES string of the molecule is C#CCOc1c(Br)cc(/C=C2\SC(=O)N(Cc3ccc(Br)cc3)C2=O)cc1OCC. The fourth-order valence-corrected chi connectivity index (χ4v) is 4.42. The van der Waals surface area contributed by atoms with Crippen molar-refractivity contribution >= 4 is 60.8 Å². The van der Waals surface area contributed by atoms with Crippen molar-refractivity contribution in [2.75, 3.05) is 13.2 Å². The van der Waals surface area contributed by atoms with E-state index in [1.165, 1.54) is 4.90 Å². The number of amides is 2. The van der Waals surface area contributed by atoms with Crippen molar-refractivity contribution in [3.8, 4) is 23.8 Å². The molecule has 3 rings (SSSR count). The fraction of sp³-hybridized carbons (Fsp3) is 0.182. The molecule has 5 nitrogen and oxygen atoms in total. The monoisotopic (exact) mass is 549 g/mol. The molecule has 0 spiro atoms. The van der Waals surface area contributed by atoms with E-state index in [9.17, 15) is 9.59 Å². The molecule has 2 aromatic rings. The Labute approximate surface area is 196 Å². The Morgan fingerprint density at radius 3 is 2.57 bits per heavy atom. The number of carbonyl (C=O) groups excluding carboxylic acids is 2. The lowest BCUT2D eigenvalue weighted by atomic mass is 10.1. The van der Waals surface area contributed by atoms with Gasteiger partial charge in [0.2, 0.25) is 0 Å². The molecule has 0 unspecified atom stereocenters. The summed E-state index contributed by atoms with van der Waals surface area (Å²) in [6, 6.07) is 11.0. The number of halogens is 2. The molecule has 1 saturated heterocycles. The van der Waals surface area contributed by atoms with Crippen LogP contribution in [0, 0.1) is 12.3 Å². The molecule has 0 aliphatic carbocycles. The summed E-state index contributed by atoms with van der Waals surface area (Å²) >= 11 is 7.75. The number of hydrogen-bond acceptors (Lipinski definition) is 5. The smallest absolute Gasteiger partial charge is 0.293 e. The second kappa shape index (κ2) is 10.2. The van der Waals surface area contributed by atoms with E-state index in [-0.39, 0.29) is 24.3 Å². The zero-order chi connectivity index (χ0) is 21.7. The molecule has 1 fully saturated rings. The Hall–Kier alpha value is -2.21. The van der Waals surface area contributed by atoms with Crippen LogP contribution in [0.4, 0.5) is 4.79 Å². The number of ether oxygens (including phenoxy) is 2. The highest BCUT2D eigenvalue weighted by Gasteiger charge is 2.35. The topological polar surface area (TPSA) is 55.8 Å². The van der Waals surface area contributed by atoms with Crippen LogP contribution >= 0.6 is 43.6 Å². The zero-order valence-corrected chi connectivity index (χ0v) is 20.0. The lowest BCUT2D eigenvalue weighted by Gasteiger charge is -2.13. The number of thioether (sulfide) groups is 1. The predicted octanol–water partition coefficient (Wildman–Crippen LogP) is 5.86. The first kappa shape index (κ1) is 22.5. The maximum atomic E-state index is 12.8. The van der Waals surface area contributed by atoms with Crippen molar-refractivity contribution in [1.29, 1.82) is 0 Å². The van der Waals surface area contributed by atoms with Crippen LogP contribution in [0.1, 0.15) is 18.1 Å². The van der Waals surface area contributed by atoms with E-state index in [2.05, 4.69) is 37.8 Å². The highest BCUT2D eigenvalue weighted by Crippen LogP contribution is 2.39. The molecule has 2 amide bonds. The van der Waals surface area contributed by atoms with Gasteiger partial charge in [0, 0.05) is 4.47 Å². The summed E-state index contributed by atoms with van der Waals surface area (Å²) in [5.41, 5.74) is 1.57. The molecule has 1 heterocycles. The van der Waals surface area contributed by atoms with E-state index in [1.54, 1.807) is 18.2 Å². The number of carbonyl (C=O) groups is 2. The van der Waals surface area contributed by atoms with Gasteiger partial charge in [0.1, 0.15) is 6.61 Å². The van der Waals surface area contributed by atoms with Gasteiger partial charge in [-0.25, -0.2) is 0 Å². The molecule has 30 heavy (non-hydrogen) atoms. The molecule has 1 aliphatic heterocycles. The van der Waals surface area contributed by atoms with Crippen LogP contribution in [-0.2, 0) is 11.3 Å². The number of nitrogens with zero attached hydrogens (tertiary/aromatic N) is 1. The third-order valence-electron chi connectivity index (χ3n) is 4.06. The first-order chi connectivity index (χ1) is 14.4. The van der Waals surface area contributed by atoms with Crippen LogP contribution in [0.3, 0.4) is 0 Å². The Bertz CT molecular complexity index is 1040. The van der Waals surface area contributed by atoms with Crippen molar-refractivity contribution in [3.63, 3.8) is 0 Å². The van der Waals surface area contributed by atoms with Gasteiger partial charge in [0.25, 0.3) is 11.1 Å². The van der Waals surface area contributed by atoms with Crippen LogP contribution in [0.2, 0.25) is 0 Å². The van der Waals surface area contributed by atoms with Gasteiger partial charge in [0.15, 0.2) is 11.5 Å². The van der Waals surface area contributed by atoms with Gasteiger partial charge in [-0.2, -0.15) is 0 Å². The maximum absolute atomic E-state index is 12.8. The van der Waals surface area contributed by atoms with Crippen LogP contribution in [0.25, 0.3) is 6.08 Å². The van der Waals surface area contributed by atoms with Crippen molar-refractivity contribution in [2.24, 2.45) is 0 Å². The third kappa shape index (κ3) is 5.28. The average molecular weight is 551 g/mol. The number of rotatable bonds is 7. The summed E-state index contributed by atoms with van der Waals surface area (Å²) in [6.07, 6.45) is 6.94. The largest absolute Gasteiger partial charge is 0.490 e. The van der Waals surface area contributed by atoms with Crippen LogP contribution in [0.15, 0.2) is 50.2 Å². The molecule has 154 valence electrons. The van der Waals surface area contributed by atoms with Gasteiger partial charge in [-0.15, -0.1) is 6.42 Å². The van der Waals surface area contributed by atoms with E-state index < -0.39 is 0 Å². The van der Waals surface area contributed by atoms with E-state index in [0.717, 1.165) is 21.8 Å². The Balaban J connectivity index is 1.85. The standard InChI is InChI=1S/C22H17Br2NO4S/c1-3-9-29-20-17(24)10-15(11-18(20)28-4-2)12-19-21(26)25(22(27)30-19)13-14-5-7-16(23)8-6-14/h1,5-8,10-12H,4,9,13H2,2H3/b19-12-.